The van der Waals surface area contributed by atoms with Crippen LogP contribution < -0.4 is 5.32 Å². The van der Waals surface area contributed by atoms with Gasteiger partial charge in [0.25, 0.3) is 0 Å². The molecule has 5 rings (SSSR count). The summed E-state index contributed by atoms with van der Waals surface area (Å²) in [5.41, 5.74) is 3.79. The molecule has 240 valence electrons. The molecule has 0 aromatic heterocycles. The number of amides is 2. The zero-order valence-electron chi connectivity index (χ0n) is 25.9. The Hall–Kier alpha value is -3.98. The molecule has 1 aliphatic heterocycles. The third kappa shape index (κ3) is 9.06. The molecule has 0 spiro atoms. The van der Waals surface area contributed by atoms with Crippen LogP contribution in [0.3, 0.4) is 0 Å². The molecule has 1 fully saturated rings. The third-order valence-electron chi connectivity index (χ3n) is 8.35. The molecule has 0 bridgehead atoms. The molecule has 0 aliphatic carbocycles. The molecule has 46 heavy (non-hydrogen) atoms. The molecular weight excluding hydrogens is 618 g/mol. The van der Waals surface area contributed by atoms with E-state index in [-0.39, 0.29) is 29.7 Å². The van der Waals surface area contributed by atoms with Crippen LogP contribution in [0.25, 0.3) is 0 Å². The molecule has 1 aliphatic rings. The quantitative estimate of drug-likeness (QED) is 0.179. The van der Waals surface area contributed by atoms with E-state index >= 15 is 0 Å². The van der Waals surface area contributed by atoms with E-state index in [4.69, 9.17) is 11.6 Å². The van der Waals surface area contributed by atoms with Crippen LogP contribution in [0.4, 0.5) is 0 Å². The predicted molar refractivity (Wildman–Crippen MR) is 182 cm³/mol. The van der Waals surface area contributed by atoms with Crippen molar-refractivity contribution in [3.63, 3.8) is 0 Å². The van der Waals surface area contributed by atoms with Crippen molar-refractivity contribution in [3.05, 3.63) is 136 Å². The Balaban J connectivity index is 1.34. The first-order chi connectivity index (χ1) is 22.3. The Morgan fingerprint density at radius 2 is 1.30 bits per heavy atom. The highest BCUT2D eigenvalue weighted by Crippen LogP contribution is 2.22. The van der Waals surface area contributed by atoms with Crippen LogP contribution in [0.2, 0.25) is 5.02 Å². The number of carbonyl (C=O) groups excluding carboxylic acids is 2. The van der Waals surface area contributed by atoms with Crippen molar-refractivity contribution in [2.24, 2.45) is 0 Å². The molecule has 1 unspecified atom stereocenters. The minimum Gasteiger partial charge on any atom is -0.354 e. The van der Waals surface area contributed by atoms with Gasteiger partial charge in [-0.25, -0.2) is 8.42 Å². The first-order valence-corrected chi connectivity index (χ1v) is 17.6. The highest BCUT2D eigenvalue weighted by Gasteiger charge is 2.30. The molecule has 4 aromatic carbocycles. The van der Waals surface area contributed by atoms with Crippen LogP contribution in [0.15, 0.2) is 114 Å². The molecule has 1 saturated heterocycles. The van der Waals surface area contributed by atoms with Gasteiger partial charge in [0, 0.05) is 44.0 Å². The van der Waals surface area contributed by atoms with Gasteiger partial charge in [-0.1, -0.05) is 96.5 Å². The summed E-state index contributed by atoms with van der Waals surface area (Å²) >= 11 is 6.15. The van der Waals surface area contributed by atoms with Gasteiger partial charge in [-0.05, 0) is 72.2 Å². The minimum atomic E-state index is -3.51. The number of rotatable bonds is 14. The lowest BCUT2D eigenvalue weighted by Gasteiger charge is -2.32. The Morgan fingerprint density at radius 1 is 0.739 bits per heavy atom. The molecule has 1 atom stereocenters. The number of nitrogens with one attached hydrogen (secondary N) is 1. The van der Waals surface area contributed by atoms with Crippen molar-refractivity contribution in [2.75, 3.05) is 19.6 Å². The summed E-state index contributed by atoms with van der Waals surface area (Å²) in [5, 5.41) is 3.68. The van der Waals surface area contributed by atoms with Crippen molar-refractivity contribution in [1.82, 2.24) is 14.5 Å². The van der Waals surface area contributed by atoms with E-state index in [2.05, 4.69) is 5.32 Å². The molecule has 9 heteroatoms. The van der Waals surface area contributed by atoms with Crippen molar-refractivity contribution in [1.29, 1.82) is 0 Å². The SMILES string of the molecule is O=C(NCCc1ccccc1)C(Cc1ccccc1)N(Cc1ccc(Cl)cc1)C(=O)CCc1ccc(S(=O)(=O)N2CCCC2)cc1. The Labute approximate surface area is 277 Å². The Kier molecular flexibility index (Phi) is 11.6. The summed E-state index contributed by atoms with van der Waals surface area (Å²) in [6.07, 6.45) is 3.37. The van der Waals surface area contributed by atoms with Crippen LogP contribution in [0, 0.1) is 0 Å². The van der Waals surface area contributed by atoms with E-state index in [1.165, 1.54) is 4.31 Å². The summed E-state index contributed by atoms with van der Waals surface area (Å²) in [7, 11) is -3.51. The molecular formula is C37H40ClN3O4S. The lowest BCUT2D eigenvalue weighted by atomic mass is 10.0. The van der Waals surface area contributed by atoms with Crippen molar-refractivity contribution >= 4 is 33.4 Å². The lowest BCUT2D eigenvalue weighted by Crippen LogP contribution is -2.50. The first-order valence-electron chi connectivity index (χ1n) is 15.8. The number of hydrogen-bond acceptors (Lipinski definition) is 4. The standard InChI is InChI=1S/C37H40ClN3O4S/c38-33-18-13-32(14-19-33)28-41(36(42)22-17-30-15-20-34(21-16-30)46(44,45)40-25-7-8-26-40)35(27-31-11-5-2-6-12-31)37(43)39-24-23-29-9-3-1-4-10-29/h1-6,9-16,18-21,35H,7-8,17,22-28H2,(H,39,43). The van der Waals surface area contributed by atoms with E-state index in [0.717, 1.165) is 35.1 Å². The first kappa shape index (κ1) is 33.4. The maximum Gasteiger partial charge on any atom is 0.243 e. The van der Waals surface area contributed by atoms with Crippen molar-refractivity contribution in [2.45, 2.75) is 56.0 Å². The molecule has 1 heterocycles. The van der Waals surface area contributed by atoms with Crippen LogP contribution >= 0.6 is 11.6 Å². The number of halogens is 1. The second-order valence-electron chi connectivity index (χ2n) is 11.6. The van der Waals surface area contributed by atoms with Crippen LogP contribution in [0.1, 0.15) is 41.5 Å². The van der Waals surface area contributed by atoms with Gasteiger partial charge in [0.1, 0.15) is 6.04 Å². The maximum atomic E-state index is 14.0. The number of aryl methyl sites for hydroxylation is 1. The van der Waals surface area contributed by atoms with Crippen molar-refractivity contribution < 1.29 is 18.0 Å². The largest absolute Gasteiger partial charge is 0.354 e. The Bertz CT molecular complexity index is 1680. The highest BCUT2D eigenvalue weighted by molar-refractivity contribution is 7.89. The van der Waals surface area contributed by atoms with E-state index < -0.39 is 16.1 Å². The fourth-order valence-electron chi connectivity index (χ4n) is 5.73. The molecule has 1 N–H and O–H groups in total. The molecule has 0 saturated carbocycles. The van der Waals surface area contributed by atoms with Gasteiger partial charge in [0.15, 0.2) is 0 Å². The average Bonchev–Trinajstić information content (AvgIpc) is 3.64. The predicted octanol–water partition coefficient (Wildman–Crippen LogP) is 6.06. The van der Waals surface area contributed by atoms with E-state index in [0.29, 0.717) is 43.9 Å². The van der Waals surface area contributed by atoms with Gasteiger partial charge in [-0.3, -0.25) is 9.59 Å². The topological polar surface area (TPSA) is 86.8 Å². The normalized spacial score (nSPS) is 14.1. The van der Waals surface area contributed by atoms with E-state index in [1.807, 2.05) is 72.8 Å². The number of nitrogens with zero attached hydrogens (tertiary/aromatic N) is 2. The van der Waals surface area contributed by atoms with Gasteiger partial charge >= 0.3 is 0 Å². The average molecular weight is 658 g/mol. The summed E-state index contributed by atoms with van der Waals surface area (Å²) in [5.74, 6) is -0.374. The van der Waals surface area contributed by atoms with Gasteiger partial charge in [-0.15, -0.1) is 0 Å². The molecule has 4 aromatic rings. The van der Waals surface area contributed by atoms with Crippen LogP contribution in [-0.4, -0.2) is 55.1 Å². The number of hydrogen-bond donors (Lipinski definition) is 1. The molecule has 2 amide bonds. The van der Waals surface area contributed by atoms with Crippen molar-refractivity contribution in [3.8, 4) is 0 Å². The monoisotopic (exact) mass is 657 g/mol. The summed E-state index contributed by atoms with van der Waals surface area (Å²) in [6.45, 7) is 1.79. The summed E-state index contributed by atoms with van der Waals surface area (Å²) in [6, 6.07) is 33.0. The zero-order valence-corrected chi connectivity index (χ0v) is 27.4. The highest BCUT2D eigenvalue weighted by atomic mass is 35.5. The number of benzene rings is 4. The van der Waals surface area contributed by atoms with Crippen LogP contribution in [-0.2, 0) is 45.4 Å². The number of sulfonamides is 1. The smallest absolute Gasteiger partial charge is 0.243 e. The van der Waals surface area contributed by atoms with Gasteiger partial charge in [0.2, 0.25) is 21.8 Å². The maximum absolute atomic E-state index is 14.0. The van der Waals surface area contributed by atoms with E-state index in [1.54, 1.807) is 41.3 Å². The lowest BCUT2D eigenvalue weighted by molar-refractivity contribution is -0.141. The fourth-order valence-corrected chi connectivity index (χ4v) is 7.38. The minimum absolute atomic E-state index is 0.161. The van der Waals surface area contributed by atoms with Crippen LogP contribution in [0.5, 0.6) is 0 Å². The van der Waals surface area contributed by atoms with Gasteiger partial charge in [0.05, 0.1) is 4.90 Å². The van der Waals surface area contributed by atoms with Gasteiger partial charge in [-0.2, -0.15) is 4.31 Å². The molecule has 0 radical (unpaired) electrons. The summed E-state index contributed by atoms with van der Waals surface area (Å²) in [4.78, 5) is 29.8. The fraction of sp³-hybridized carbons (Fsp3) is 0.297. The Morgan fingerprint density at radius 3 is 1.93 bits per heavy atom. The summed E-state index contributed by atoms with van der Waals surface area (Å²) < 4.78 is 27.4. The van der Waals surface area contributed by atoms with E-state index in [9.17, 15) is 18.0 Å². The zero-order chi connectivity index (χ0) is 32.4. The second-order valence-corrected chi connectivity index (χ2v) is 14.0. The third-order valence-corrected chi connectivity index (χ3v) is 10.5. The molecule has 7 nitrogen and oxygen atoms in total. The second kappa shape index (κ2) is 16.0. The number of carbonyl (C=O) groups is 2. The van der Waals surface area contributed by atoms with Gasteiger partial charge < -0.3 is 10.2 Å².